The number of benzene rings is 1. The highest BCUT2D eigenvalue weighted by Gasteiger charge is 2.30. The number of halogens is 1. The Balaban J connectivity index is 2.26. The molecule has 1 aliphatic heterocycles. The molecule has 1 aromatic rings. The van der Waals surface area contributed by atoms with Gasteiger partial charge in [-0.1, -0.05) is 45.9 Å². The minimum Gasteiger partial charge on any atom is -0.337 e. The van der Waals surface area contributed by atoms with Crippen molar-refractivity contribution in [3.8, 4) is 0 Å². The van der Waals surface area contributed by atoms with Crippen LogP contribution in [0, 0.1) is 5.92 Å². The third kappa shape index (κ3) is 3.17. The van der Waals surface area contributed by atoms with Gasteiger partial charge in [0.1, 0.15) is 0 Å². The molecule has 0 aromatic heterocycles. The molecule has 110 valence electrons. The van der Waals surface area contributed by atoms with E-state index in [1.807, 2.05) is 23.1 Å². The van der Waals surface area contributed by atoms with Gasteiger partial charge in [0.05, 0.1) is 5.38 Å². The number of carbonyl (C=O) groups is 1. The average Bonchev–Trinajstić information content (AvgIpc) is 2.40. The van der Waals surface area contributed by atoms with Crippen molar-refractivity contribution >= 4 is 17.5 Å². The maximum Gasteiger partial charge on any atom is 0.254 e. The normalized spacial score (nSPS) is 23.8. The second kappa shape index (κ2) is 5.77. The second-order valence-electron chi connectivity index (χ2n) is 6.83. The lowest BCUT2D eigenvalue weighted by Gasteiger charge is -2.35. The third-order valence-corrected chi connectivity index (χ3v) is 4.69. The summed E-state index contributed by atoms with van der Waals surface area (Å²) in [6.07, 6.45) is 0.984. The van der Waals surface area contributed by atoms with Gasteiger partial charge in [0.15, 0.2) is 0 Å². The molecule has 2 atom stereocenters. The molecule has 0 aliphatic carbocycles. The minimum absolute atomic E-state index is 0.0320. The lowest BCUT2D eigenvalue weighted by Crippen LogP contribution is -2.44. The molecule has 0 spiro atoms. The largest absolute Gasteiger partial charge is 0.337 e. The lowest BCUT2D eigenvalue weighted by atomic mass is 9.83. The van der Waals surface area contributed by atoms with Crippen LogP contribution in [-0.4, -0.2) is 29.3 Å². The summed E-state index contributed by atoms with van der Waals surface area (Å²) in [5.41, 5.74) is 1.89. The van der Waals surface area contributed by atoms with E-state index in [9.17, 15) is 4.79 Å². The predicted molar refractivity (Wildman–Crippen MR) is 84.5 cm³/mol. The quantitative estimate of drug-likeness (QED) is 0.715. The number of hydrogen-bond donors (Lipinski definition) is 0. The van der Waals surface area contributed by atoms with Crippen LogP contribution >= 0.6 is 11.6 Å². The van der Waals surface area contributed by atoms with Crippen LogP contribution in [0.1, 0.15) is 50.0 Å². The molecule has 1 heterocycles. The molecular formula is C17H24ClNO. The number of carbonyl (C=O) groups excluding carboxylic acids is 1. The van der Waals surface area contributed by atoms with Crippen LogP contribution in [-0.2, 0) is 5.41 Å². The molecule has 0 bridgehead atoms. The first-order valence-electron chi connectivity index (χ1n) is 7.33. The van der Waals surface area contributed by atoms with Crippen molar-refractivity contribution in [1.82, 2.24) is 4.90 Å². The van der Waals surface area contributed by atoms with Crippen molar-refractivity contribution < 1.29 is 4.79 Å². The SMILES string of the molecule is CC1CCN(C(=O)c2ccccc2C(C)(C)C)CC1Cl. The summed E-state index contributed by atoms with van der Waals surface area (Å²) in [6, 6.07) is 7.93. The molecule has 1 aliphatic rings. The van der Waals surface area contributed by atoms with Gasteiger partial charge in [-0.2, -0.15) is 0 Å². The molecule has 20 heavy (non-hydrogen) atoms. The second-order valence-corrected chi connectivity index (χ2v) is 7.39. The van der Waals surface area contributed by atoms with Crippen LogP contribution in [0.5, 0.6) is 0 Å². The molecule has 0 saturated carbocycles. The molecule has 0 radical (unpaired) electrons. The van der Waals surface area contributed by atoms with Gasteiger partial charge in [0, 0.05) is 18.7 Å². The van der Waals surface area contributed by atoms with Crippen molar-refractivity contribution in [2.75, 3.05) is 13.1 Å². The van der Waals surface area contributed by atoms with Crippen LogP contribution in [0.2, 0.25) is 0 Å². The number of hydrogen-bond acceptors (Lipinski definition) is 1. The fourth-order valence-electron chi connectivity index (χ4n) is 2.70. The van der Waals surface area contributed by atoms with E-state index in [0.29, 0.717) is 12.5 Å². The molecule has 1 saturated heterocycles. The van der Waals surface area contributed by atoms with Gasteiger partial charge in [-0.05, 0) is 29.4 Å². The van der Waals surface area contributed by atoms with E-state index >= 15 is 0 Å². The number of rotatable bonds is 1. The van der Waals surface area contributed by atoms with Gasteiger partial charge < -0.3 is 4.90 Å². The van der Waals surface area contributed by atoms with Gasteiger partial charge in [0.2, 0.25) is 0 Å². The Morgan fingerprint density at radius 1 is 1.30 bits per heavy atom. The van der Waals surface area contributed by atoms with Crippen LogP contribution in [0.3, 0.4) is 0 Å². The van der Waals surface area contributed by atoms with Crippen LogP contribution in [0.15, 0.2) is 24.3 Å². The predicted octanol–water partition coefficient (Wildman–Crippen LogP) is 4.07. The Morgan fingerprint density at radius 3 is 2.55 bits per heavy atom. The summed E-state index contributed by atoms with van der Waals surface area (Å²) in [4.78, 5) is 14.7. The van der Waals surface area contributed by atoms with E-state index in [-0.39, 0.29) is 16.7 Å². The van der Waals surface area contributed by atoms with Crippen molar-refractivity contribution in [3.05, 3.63) is 35.4 Å². The van der Waals surface area contributed by atoms with E-state index in [1.54, 1.807) is 0 Å². The van der Waals surface area contributed by atoms with Gasteiger partial charge in [0.25, 0.3) is 5.91 Å². The van der Waals surface area contributed by atoms with Gasteiger partial charge in [-0.3, -0.25) is 4.79 Å². The van der Waals surface area contributed by atoms with Gasteiger partial charge in [-0.15, -0.1) is 11.6 Å². The maximum absolute atomic E-state index is 12.8. The first-order valence-corrected chi connectivity index (χ1v) is 7.77. The van der Waals surface area contributed by atoms with Crippen LogP contribution in [0.25, 0.3) is 0 Å². The fraction of sp³-hybridized carbons (Fsp3) is 0.588. The molecule has 2 nitrogen and oxygen atoms in total. The van der Waals surface area contributed by atoms with Gasteiger partial charge >= 0.3 is 0 Å². The number of likely N-dealkylation sites (tertiary alicyclic amines) is 1. The summed E-state index contributed by atoms with van der Waals surface area (Å²) >= 11 is 6.33. The number of piperidine rings is 1. The van der Waals surface area contributed by atoms with Crippen molar-refractivity contribution in [2.24, 2.45) is 5.92 Å². The van der Waals surface area contributed by atoms with E-state index in [4.69, 9.17) is 11.6 Å². The molecule has 1 amide bonds. The van der Waals surface area contributed by atoms with Gasteiger partial charge in [-0.25, -0.2) is 0 Å². The highest BCUT2D eigenvalue weighted by Crippen LogP contribution is 2.28. The monoisotopic (exact) mass is 293 g/mol. The average molecular weight is 294 g/mol. The molecule has 3 heteroatoms. The highest BCUT2D eigenvalue weighted by atomic mass is 35.5. The Labute approximate surface area is 127 Å². The minimum atomic E-state index is -0.0320. The van der Waals surface area contributed by atoms with E-state index in [1.165, 1.54) is 0 Å². The van der Waals surface area contributed by atoms with Crippen LogP contribution < -0.4 is 0 Å². The highest BCUT2D eigenvalue weighted by molar-refractivity contribution is 6.21. The Morgan fingerprint density at radius 2 is 1.95 bits per heavy atom. The van der Waals surface area contributed by atoms with E-state index in [0.717, 1.165) is 24.1 Å². The molecular weight excluding hydrogens is 270 g/mol. The molecule has 1 aromatic carbocycles. The van der Waals surface area contributed by atoms with E-state index < -0.39 is 0 Å². The summed E-state index contributed by atoms with van der Waals surface area (Å²) in [5.74, 6) is 0.603. The zero-order chi connectivity index (χ0) is 14.9. The summed E-state index contributed by atoms with van der Waals surface area (Å²) in [5, 5.41) is 0.0644. The zero-order valence-corrected chi connectivity index (χ0v) is 13.6. The third-order valence-electron chi connectivity index (χ3n) is 4.12. The Kier molecular flexibility index (Phi) is 4.43. The smallest absolute Gasteiger partial charge is 0.254 e. The summed E-state index contributed by atoms with van der Waals surface area (Å²) in [6.45, 7) is 10.0. The number of nitrogens with zero attached hydrogens (tertiary/aromatic N) is 1. The van der Waals surface area contributed by atoms with E-state index in [2.05, 4.69) is 33.8 Å². The summed E-state index contributed by atoms with van der Waals surface area (Å²) in [7, 11) is 0. The number of alkyl halides is 1. The Bertz CT molecular complexity index is 492. The van der Waals surface area contributed by atoms with Crippen molar-refractivity contribution in [3.63, 3.8) is 0 Å². The first-order chi connectivity index (χ1) is 9.30. The van der Waals surface area contributed by atoms with Crippen molar-refractivity contribution in [2.45, 2.75) is 44.9 Å². The molecule has 2 rings (SSSR count). The first kappa shape index (κ1) is 15.4. The molecule has 1 fully saturated rings. The molecule has 2 unspecified atom stereocenters. The lowest BCUT2D eigenvalue weighted by molar-refractivity contribution is 0.0699. The maximum atomic E-state index is 12.8. The Hall–Kier alpha value is -1.02. The number of amides is 1. The zero-order valence-electron chi connectivity index (χ0n) is 12.8. The van der Waals surface area contributed by atoms with Crippen molar-refractivity contribution in [1.29, 1.82) is 0 Å². The van der Waals surface area contributed by atoms with Crippen LogP contribution in [0.4, 0.5) is 0 Å². The fourth-order valence-corrected chi connectivity index (χ4v) is 2.99. The topological polar surface area (TPSA) is 20.3 Å². The standard InChI is InChI=1S/C17H24ClNO/c1-12-9-10-19(11-15(12)18)16(20)13-7-5-6-8-14(13)17(2,3)4/h5-8,12,15H,9-11H2,1-4H3. The molecule has 0 N–H and O–H groups in total. The summed E-state index contributed by atoms with van der Waals surface area (Å²) < 4.78 is 0.